The molecule has 0 aliphatic rings. The molecule has 0 unspecified atom stereocenters. The Hall–Kier alpha value is -0.470. The Balaban J connectivity index is 2.69. The van der Waals surface area contributed by atoms with E-state index in [1.165, 1.54) is 11.1 Å². The molecular formula is C10H11BrClN. The lowest BCUT2D eigenvalue weighted by molar-refractivity contribution is 1.31. The van der Waals surface area contributed by atoms with Crippen LogP contribution in [0.3, 0.4) is 0 Å². The van der Waals surface area contributed by atoms with Crippen LogP contribution in [0.5, 0.6) is 0 Å². The molecule has 0 aliphatic carbocycles. The molecule has 0 aliphatic heterocycles. The summed E-state index contributed by atoms with van der Waals surface area (Å²) in [6, 6.07) is 6.18. The number of nitrogens with one attached hydrogen (secondary N) is 1. The van der Waals surface area contributed by atoms with Crippen LogP contribution in [0.4, 0.5) is 5.69 Å². The third-order valence-corrected chi connectivity index (χ3v) is 2.49. The lowest BCUT2D eigenvalue weighted by Crippen LogP contribution is -1.98. The first-order valence-corrected chi connectivity index (χ1v) is 5.22. The molecule has 0 spiro atoms. The summed E-state index contributed by atoms with van der Waals surface area (Å²) in [5, 5.41) is 3.24. The molecule has 0 aromatic heterocycles. The number of hydrogen-bond donors (Lipinski definition) is 1. The molecule has 3 heteroatoms. The summed E-state index contributed by atoms with van der Waals surface area (Å²) in [7, 11) is 0. The molecule has 0 saturated heterocycles. The van der Waals surface area contributed by atoms with Crippen molar-refractivity contribution in [3.8, 4) is 0 Å². The molecule has 1 aromatic carbocycles. The van der Waals surface area contributed by atoms with Crippen molar-refractivity contribution < 1.29 is 0 Å². The second-order valence-electron chi connectivity index (χ2n) is 2.73. The summed E-state index contributed by atoms with van der Waals surface area (Å²) in [5.41, 5.74) is 3.84. The van der Waals surface area contributed by atoms with Gasteiger partial charge in [-0.15, -0.1) is 0 Å². The van der Waals surface area contributed by atoms with Gasteiger partial charge in [-0.1, -0.05) is 23.7 Å². The summed E-state index contributed by atoms with van der Waals surface area (Å²) in [4.78, 5) is 0. The van der Waals surface area contributed by atoms with Crippen molar-refractivity contribution in [1.82, 2.24) is 0 Å². The van der Waals surface area contributed by atoms with E-state index in [1.54, 1.807) is 0 Å². The first-order chi connectivity index (χ1) is 6.24. The van der Waals surface area contributed by atoms with E-state index in [9.17, 15) is 0 Å². The van der Waals surface area contributed by atoms with Crippen molar-refractivity contribution in [2.24, 2.45) is 0 Å². The average molecular weight is 261 g/mol. The molecule has 1 N–H and O–H groups in total. The van der Waals surface area contributed by atoms with Crippen LogP contribution < -0.4 is 5.32 Å². The second-order valence-corrected chi connectivity index (χ2v) is 3.83. The molecule has 0 fully saturated rings. The Morgan fingerprint density at radius 1 is 1.54 bits per heavy atom. The Morgan fingerprint density at radius 3 is 3.00 bits per heavy atom. The molecule has 1 nitrogen and oxygen atoms in total. The monoisotopic (exact) mass is 259 g/mol. The minimum Gasteiger partial charge on any atom is -0.381 e. The van der Waals surface area contributed by atoms with Crippen LogP contribution in [0.1, 0.15) is 5.56 Å². The van der Waals surface area contributed by atoms with Crippen molar-refractivity contribution >= 4 is 33.2 Å². The van der Waals surface area contributed by atoms with Gasteiger partial charge in [-0.2, -0.15) is 0 Å². The third kappa shape index (κ3) is 3.41. The van der Waals surface area contributed by atoms with Crippen molar-refractivity contribution in [2.75, 3.05) is 11.9 Å². The van der Waals surface area contributed by atoms with E-state index in [2.05, 4.69) is 40.3 Å². The van der Waals surface area contributed by atoms with Gasteiger partial charge in [0.15, 0.2) is 0 Å². The maximum Gasteiger partial charge on any atom is 0.0489 e. The first kappa shape index (κ1) is 10.6. The van der Waals surface area contributed by atoms with Gasteiger partial charge in [0.25, 0.3) is 0 Å². The van der Waals surface area contributed by atoms with Gasteiger partial charge in [0, 0.05) is 22.2 Å². The van der Waals surface area contributed by atoms with Crippen LogP contribution in [0, 0.1) is 6.92 Å². The Kier molecular flexibility index (Phi) is 4.33. The van der Waals surface area contributed by atoms with Crippen LogP contribution >= 0.6 is 27.5 Å². The molecule has 0 saturated carbocycles. The predicted octanol–water partition coefficient (Wildman–Crippen LogP) is 3.92. The van der Waals surface area contributed by atoms with Crippen molar-refractivity contribution in [2.45, 2.75) is 6.92 Å². The van der Waals surface area contributed by atoms with E-state index in [-0.39, 0.29) is 0 Å². The van der Waals surface area contributed by atoms with Gasteiger partial charge in [0.1, 0.15) is 0 Å². The fourth-order valence-electron chi connectivity index (χ4n) is 0.988. The largest absolute Gasteiger partial charge is 0.381 e. The van der Waals surface area contributed by atoms with Crippen LogP contribution in [-0.4, -0.2) is 6.54 Å². The highest BCUT2D eigenvalue weighted by molar-refractivity contribution is 9.10. The summed E-state index contributed by atoms with van der Waals surface area (Å²) < 4.78 is 1.07. The maximum atomic E-state index is 5.41. The minimum atomic E-state index is 0.742. The van der Waals surface area contributed by atoms with Gasteiger partial charge in [-0.3, -0.25) is 0 Å². The van der Waals surface area contributed by atoms with Crippen molar-refractivity contribution in [3.05, 3.63) is 39.8 Å². The van der Waals surface area contributed by atoms with Gasteiger partial charge < -0.3 is 5.32 Å². The molecule has 1 aromatic rings. The predicted molar refractivity (Wildman–Crippen MR) is 62.4 cm³/mol. The van der Waals surface area contributed by atoms with Gasteiger partial charge in [-0.25, -0.2) is 0 Å². The smallest absolute Gasteiger partial charge is 0.0489 e. The lowest BCUT2D eigenvalue weighted by atomic mass is 10.2. The molecule has 0 radical (unpaired) electrons. The quantitative estimate of drug-likeness (QED) is 0.868. The van der Waals surface area contributed by atoms with Crippen LogP contribution in [-0.2, 0) is 0 Å². The fourth-order valence-corrected chi connectivity index (χ4v) is 1.46. The van der Waals surface area contributed by atoms with Crippen LogP contribution in [0.25, 0.3) is 0 Å². The SMILES string of the molecule is Cc1ccc(Br)c(NC/C=C/Cl)c1. The number of anilines is 1. The highest BCUT2D eigenvalue weighted by Crippen LogP contribution is 2.22. The average Bonchev–Trinajstić information content (AvgIpc) is 2.11. The second kappa shape index (κ2) is 5.30. The molecule has 0 bridgehead atoms. The molecule has 13 heavy (non-hydrogen) atoms. The highest BCUT2D eigenvalue weighted by Gasteiger charge is 1.96. The van der Waals surface area contributed by atoms with Crippen molar-refractivity contribution in [3.63, 3.8) is 0 Å². The number of rotatable bonds is 3. The van der Waals surface area contributed by atoms with Crippen LogP contribution in [0.2, 0.25) is 0 Å². The number of aryl methyl sites for hydroxylation is 1. The number of benzene rings is 1. The summed E-state index contributed by atoms with van der Waals surface area (Å²) >= 11 is 8.87. The summed E-state index contributed by atoms with van der Waals surface area (Å²) in [5.74, 6) is 0. The molecule has 70 valence electrons. The summed E-state index contributed by atoms with van der Waals surface area (Å²) in [6.45, 7) is 2.81. The highest BCUT2D eigenvalue weighted by atomic mass is 79.9. The third-order valence-electron chi connectivity index (χ3n) is 1.62. The van der Waals surface area contributed by atoms with Gasteiger partial charge in [0.05, 0.1) is 0 Å². The standard InChI is InChI=1S/C10H11BrClN/c1-8-3-4-9(11)10(7-8)13-6-2-5-12/h2-5,7,13H,6H2,1H3/b5-2+. The van der Waals surface area contributed by atoms with Gasteiger partial charge in [0.2, 0.25) is 0 Å². The zero-order valence-electron chi connectivity index (χ0n) is 7.35. The van der Waals surface area contributed by atoms with Gasteiger partial charge in [-0.05, 0) is 40.5 Å². The van der Waals surface area contributed by atoms with E-state index in [0.717, 1.165) is 16.7 Å². The maximum absolute atomic E-state index is 5.41. The lowest BCUT2D eigenvalue weighted by Gasteiger charge is -2.06. The van der Waals surface area contributed by atoms with E-state index in [1.807, 2.05) is 12.1 Å². The molecule has 0 atom stereocenters. The molecule has 0 amide bonds. The normalized spacial score (nSPS) is 10.7. The Bertz CT molecular complexity index is 310. The van der Waals surface area contributed by atoms with Gasteiger partial charge >= 0.3 is 0 Å². The van der Waals surface area contributed by atoms with E-state index in [4.69, 9.17) is 11.6 Å². The van der Waals surface area contributed by atoms with Crippen molar-refractivity contribution in [1.29, 1.82) is 0 Å². The van der Waals surface area contributed by atoms with E-state index >= 15 is 0 Å². The van der Waals surface area contributed by atoms with E-state index in [0.29, 0.717) is 0 Å². The first-order valence-electron chi connectivity index (χ1n) is 3.99. The summed E-state index contributed by atoms with van der Waals surface area (Å²) in [6.07, 6.45) is 1.86. The molecule has 0 heterocycles. The number of hydrogen-bond acceptors (Lipinski definition) is 1. The Labute approximate surface area is 91.9 Å². The van der Waals surface area contributed by atoms with E-state index < -0.39 is 0 Å². The number of halogens is 2. The zero-order chi connectivity index (χ0) is 9.68. The van der Waals surface area contributed by atoms with Crippen LogP contribution in [0.15, 0.2) is 34.3 Å². The zero-order valence-corrected chi connectivity index (χ0v) is 9.69. The fraction of sp³-hybridized carbons (Fsp3) is 0.200. The topological polar surface area (TPSA) is 12.0 Å². The molecular weight excluding hydrogens is 249 g/mol. The molecule has 1 rings (SSSR count). The Morgan fingerprint density at radius 2 is 2.31 bits per heavy atom. The minimum absolute atomic E-state index is 0.742.